The van der Waals surface area contributed by atoms with Crippen LogP contribution in [0.25, 0.3) is 0 Å². The maximum atomic E-state index is 13.7. The fourth-order valence-corrected chi connectivity index (χ4v) is 8.88. The predicted molar refractivity (Wildman–Crippen MR) is 156 cm³/mol. The molecular formula is C32H41N2O2P. The lowest BCUT2D eigenvalue weighted by Crippen LogP contribution is -2.70. The number of rotatable bonds is 9. The first-order chi connectivity index (χ1) is 17.9. The number of nitrogens with zero attached hydrogens (tertiary/aromatic N) is 1. The van der Waals surface area contributed by atoms with Crippen molar-refractivity contribution < 1.29 is 9.30 Å². The van der Waals surface area contributed by atoms with Gasteiger partial charge in [0.15, 0.2) is 0 Å². The fraction of sp³-hybridized carbons (Fsp3) is 0.438. The Morgan fingerprint density at radius 3 is 2.03 bits per heavy atom. The maximum absolute atomic E-state index is 13.7. The number of anilines is 1. The Kier molecular flexibility index (Phi) is 7.52. The minimum absolute atomic E-state index is 0.149. The van der Waals surface area contributed by atoms with E-state index in [0.717, 1.165) is 29.8 Å². The van der Waals surface area contributed by atoms with E-state index < -0.39 is 7.14 Å². The van der Waals surface area contributed by atoms with E-state index >= 15 is 0 Å². The van der Waals surface area contributed by atoms with Crippen LogP contribution < -0.4 is 15.4 Å². The molecule has 5 heteroatoms. The highest BCUT2D eigenvalue weighted by Gasteiger charge is 2.55. The van der Waals surface area contributed by atoms with Crippen LogP contribution in [0, 0.1) is 5.92 Å². The third-order valence-corrected chi connectivity index (χ3v) is 12.4. The molecule has 3 saturated heterocycles. The van der Waals surface area contributed by atoms with Gasteiger partial charge in [0, 0.05) is 35.1 Å². The highest BCUT2D eigenvalue weighted by Crippen LogP contribution is 2.51. The van der Waals surface area contributed by atoms with E-state index in [4.69, 9.17) is 4.74 Å². The molecule has 3 aromatic rings. The van der Waals surface area contributed by atoms with Crippen molar-refractivity contribution in [1.82, 2.24) is 4.90 Å². The van der Waals surface area contributed by atoms with Gasteiger partial charge in [-0.1, -0.05) is 74.5 Å². The summed E-state index contributed by atoms with van der Waals surface area (Å²) in [6.07, 6.45) is 3.73. The third-order valence-electron chi connectivity index (χ3n) is 9.16. The number of ether oxygens (including phenoxy) is 1. The normalized spacial score (nSPS) is 25.3. The molecule has 2 atom stereocenters. The second-order valence-corrected chi connectivity index (χ2v) is 14.4. The largest absolute Gasteiger partial charge is 0.495 e. The molecule has 0 spiro atoms. The smallest absolute Gasteiger partial charge is 0.142 e. The zero-order chi connectivity index (χ0) is 26.0. The second-order valence-electron chi connectivity index (χ2n) is 10.8. The lowest BCUT2D eigenvalue weighted by atomic mass is 9.62. The third kappa shape index (κ3) is 4.64. The predicted octanol–water partition coefficient (Wildman–Crippen LogP) is 6.82. The van der Waals surface area contributed by atoms with E-state index in [9.17, 15) is 4.57 Å². The highest BCUT2D eigenvalue weighted by atomic mass is 31.2. The molecule has 3 heterocycles. The summed E-state index contributed by atoms with van der Waals surface area (Å²) in [4.78, 5) is 2.72. The van der Waals surface area contributed by atoms with Crippen molar-refractivity contribution in [1.29, 1.82) is 0 Å². The zero-order valence-corrected chi connectivity index (χ0v) is 23.6. The average molecular weight is 517 g/mol. The molecule has 196 valence electrons. The average Bonchev–Trinajstić information content (AvgIpc) is 2.96. The minimum atomic E-state index is -2.41. The molecule has 37 heavy (non-hydrogen) atoms. The summed E-state index contributed by atoms with van der Waals surface area (Å²) < 4.78 is 19.5. The summed E-state index contributed by atoms with van der Waals surface area (Å²) in [6, 6.07) is 28.3. The van der Waals surface area contributed by atoms with Crippen LogP contribution in [0.1, 0.15) is 50.7 Å². The van der Waals surface area contributed by atoms with Crippen LogP contribution in [0.3, 0.4) is 0 Å². The van der Waals surface area contributed by atoms with Crippen molar-refractivity contribution in [3.63, 3.8) is 0 Å². The van der Waals surface area contributed by atoms with Crippen molar-refractivity contribution in [2.45, 2.75) is 51.1 Å². The number of hydrogen-bond acceptors (Lipinski definition) is 4. The first kappa shape index (κ1) is 26.1. The Balaban J connectivity index is 1.63. The van der Waals surface area contributed by atoms with Crippen LogP contribution in [-0.4, -0.2) is 49.0 Å². The molecule has 6 rings (SSSR count). The van der Waals surface area contributed by atoms with Gasteiger partial charge in [0.1, 0.15) is 12.9 Å². The van der Waals surface area contributed by atoms with Gasteiger partial charge < -0.3 is 14.6 Å². The Morgan fingerprint density at radius 2 is 1.51 bits per heavy atom. The fourth-order valence-electron chi connectivity index (χ4n) is 6.99. The van der Waals surface area contributed by atoms with Crippen molar-refractivity contribution in [2.75, 3.05) is 37.8 Å². The first-order valence-corrected chi connectivity index (χ1v) is 15.9. The number of benzene rings is 3. The molecule has 3 aromatic carbocycles. The summed E-state index contributed by atoms with van der Waals surface area (Å²) in [7, 11) is -0.682. The molecule has 0 radical (unpaired) electrons. The minimum Gasteiger partial charge on any atom is -0.495 e. The van der Waals surface area contributed by atoms with Crippen LogP contribution in [0.2, 0.25) is 0 Å². The van der Waals surface area contributed by atoms with Crippen LogP contribution in [0.4, 0.5) is 5.69 Å². The lowest BCUT2D eigenvalue weighted by molar-refractivity contribution is -0.0401. The maximum Gasteiger partial charge on any atom is 0.142 e. The Morgan fingerprint density at radius 1 is 0.946 bits per heavy atom. The van der Waals surface area contributed by atoms with E-state index in [1.54, 1.807) is 7.11 Å². The van der Waals surface area contributed by atoms with Gasteiger partial charge in [0.05, 0.1) is 12.8 Å². The van der Waals surface area contributed by atoms with Crippen molar-refractivity contribution >= 4 is 18.1 Å². The van der Waals surface area contributed by atoms with Crippen LogP contribution in [0.15, 0.2) is 78.9 Å². The van der Waals surface area contributed by atoms with Crippen molar-refractivity contribution in [3.8, 4) is 5.75 Å². The number of methoxy groups -OCH3 is 1. The number of hydrogen-bond donors (Lipinski definition) is 1. The summed E-state index contributed by atoms with van der Waals surface area (Å²) in [5, 5.41) is 4.97. The van der Waals surface area contributed by atoms with Crippen molar-refractivity contribution in [3.05, 3.63) is 90.0 Å². The van der Waals surface area contributed by atoms with Gasteiger partial charge in [-0.15, -0.1) is 0 Å². The van der Waals surface area contributed by atoms with Crippen molar-refractivity contribution in [2.24, 2.45) is 5.92 Å². The van der Waals surface area contributed by atoms with Gasteiger partial charge in [-0.2, -0.15) is 0 Å². The van der Waals surface area contributed by atoms with E-state index in [1.807, 2.05) is 26.0 Å². The molecule has 3 fully saturated rings. The lowest BCUT2D eigenvalue weighted by Gasteiger charge is -2.61. The molecule has 0 saturated carbocycles. The van der Waals surface area contributed by atoms with Crippen LogP contribution in [-0.2, 0) is 4.57 Å². The Hall–Kier alpha value is -2.55. The molecule has 0 aromatic heterocycles. The summed E-state index contributed by atoms with van der Waals surface area (Å²) in [6.45, 7) is 8.77. The van der Waals surface area contributed by atoms with Gasteiger partial charge in [-0.25, -0.2) is 0 Å². The summed E-state index contributed by atoms with van der Waals surface area (Å²) in [5.74, 6) is 1.58. The highest BCUT2D eigenvalue weighted by molar-refractivity contribution is 7.71. The van der Waals surface area contributed by atoms with Crippen LogP contribution >= 0.6 is 7.14 Å². The topological polar surface area (TPSA) is 41.6 Å². The summed E-state index contributed by atoms with van der Waals surface area (Å²) in [5.41, 5.74) is 3.51. The monoisotopic (exact) mass is 516 g/mol. The van der Waals surface area contributed by atoms with Gasteiger partial charge in [-0.05, 0) is 68.1 Å². The quantitative estimate of drug-likeness (QED) is 0.317. The van der Waals surface area contributed by atoms with Gasteiger partial charge in [-0.3, -0.25) is 4.90 Å². The molecule has 0 unspecified atom stereocenters. The number of nitrogens with one attached hydrogen (secondary N) is 1. The Bertz CT molecular complexity index is 1190. The van der Waals surface area contributed by atoms with Gasteiger partial charge in [0.25, 0.3) is 0 Å². The SMILES string of the molecule is CCP(=O)(CC)c1ccc(OC)c(N[C@H]2C3CCN(CC3)[C@@]2(C)C(c2ccccc2)c2ccccc2)c1. The van der Waals surface area contributed by atoms with E-state index in [0.29, 0.717) is 18.2 Å². The van der Waals surface area contributed by atoms with E-state index in [2.05, 4.69) is 83.9 Å². The Labute approximate surface area is 222 Å². The molecule has 4 nitrogen and oxygen atoms in total. The molecule has 0 amide bonds. The van der Waals surface area contributed by atoms with Gasteiger partial charge in [0.2, 0.25) is 0 Å². The first-order valence-electron chi connectivity index (χ1n) is 13.8. The molecular weight excluding hydrogens is 475 g/mol. The zero-order valence-electron chi connectivity index (χ0n) is 22.7. The molecule has 3 aliphatic rings. The van der Waals surface area contributed by atoms with Gasteiger partial charge >= 0.3 is 0 Å². The summed E-state index contributed by atoms with van der Waals surface area (Å²) >= 11 is 0. The standard InChI is InChI=1S/C32H41N2O2P/c1-5-37(35,6-2)27-17-18-29(36-4)28(23-27)33-31-26-19-21-34(22-20-26)32(31,3)30(24-13-9-7-10-14-24)25-15-11-8-12-16-25/h7-18,23,26,30-31,33H,5-6,19-22H2,1-4H3/t31-,32-/m0/s1. The van der Waals surface area contributed by atoms with E-state index in [-0.39, 0.29) is 17.5 Å². The van der Waals surface area contributed by atoms with Crippen LogP contribution in [0.5, 0.6) is 5.75 Å². The molecule has 3 aliphatic heterocycles. The molecule has 2 bridgehead atoms. The number of piperidine rings is 3. The van der Waals surface area contributed by atoms with E-state index in [1.165, 1.54) is 24.0 Å². The second kappa shape index (κ2) is 10.7. The number of fused-ring (bicyclic) bond motifs is 3. The molecule has 1 N–H and O–H groups in total. The molecule has 0 aliphatic carbocycles.